The summed E-state index contributed by atoms with van der Waals surface area (Å²) in [7, 11) is -1.09. The lowest BCUT2D eigenvalue weighted by Crippen LogP contribution is -2.41. The molecule has 9 heteroatoms. The minimum absolute atomic E-state index is 0.186. The zero-order valence-electron chi connectivity index (χ0n) is 14.3. The summed E-state index contributed by atoms with van der Waals surface area (Å²) in [4.78, 5) is 11.2. The van der Waals surface area contributed by atoms with Crippen LogP contribution in [0.5, 0.6) is 0 Å². The van der Waals surface area contributed by atoms with Crippen molar-refractivity contribution in [2.24, 2.45) is 0 Å². The van der Waals surface area contributed by atoms with Crippen LogP contribution in [0.3, 0.4) is 0 Å². The van der Waals surface area contributed by atoms with Crippen molar-refractivity contribution < 1.29 is 36.8 Å². The number of carboxylic acid groups (broad SMARTS) is 1. The van der Waals surface area contributed by atoms with E-state index < -0.39 is 54.1 Å². The van der Waals surface area contributed by atoms with E-state index in [9.17, 15) is 22.4 Å². The molecule has 1 unspecified atom stereocenters. The number of hydrogen-bond donors (Lipinski definition) is 1. The molecular formula is C16H19BF4O4. The van der Waals surface area contributed by atoms with Crippen LogP contribution >= 0.6 is 0 Å². The van der Waals surface area contributed by atoms with Crippen LogP contribution in [0.25, 0.3) is 0 Å². The number of benzene rings is 1. The maximum Gasteiger partial charge on any atom is 0.466 e. The van der Waals surface area contributed by atoms with Crippen molar-refractivity contribution in [2.45, 2.75) is 57.3 Å². The summed E-state index contributed by atoms with van der Waals surface area (Å²) < 4.78 is 63.9. The SMILES string of the molecule is CC1(C)OB(C(CC(=O)O)c2ccc(C(F)(F)F)cc2F)OC1(C)C. The highest BCUT2D eigenvalue weighted by atomic mass is 19.4. The Bertz CT molecular complexity index is 657. The van der Waals surface area contributed by atoms with Gasteiger partial charge in [-0.3, -0.25) is 4.79 Å². The summed E-state index contributed by atoms with van der Waals surface area (Å²) >= 11 is 0. The molecular weight excluding hydrogens is 343 g/mol. The maximum absolute atomic E-state index is 14.3. The average Bonchev–Trinajstić information content (AvgIpc) is 2.63. The number of rotatable bonds is 4. The Hall–Kier alpha value is -1.61. The normalized spacial score (nSPS) is 20.6. The van der Waals surface area contributed by atoms with Gasteiger partial charge < -0.3 is 14.4 Å². The summed E-state index contributed by atoms with van der Waals surface area (Å²) in [5.74, 6) is -3.46. The van der Waals surface area contributed by atoms with E-state index in [1.54, 1.807) is 27.7 Å². The van der Waals surface area contributed by atoms with Gasteiger partial charge in [0.2, 0.25) is 0 Å². The van der Waals surface area contributed by atoms with Crippen LogP contribution in [0.1, 0.15) is 51.1 Å². The Morgan fingerprint density at radius 3 is 2.12 bits per heavy atom. The van der Waals surface area contributed by atoms with Crippen molar-refractivity contribution >= 4 is 13.1 Å². The molecule has 138 valence electrons. The van der Waals surface area contributed by atoms with Crippen molar-refractivity contribution in [3.63, 3.8) is 0 Å². The van der Waals surface area contributed by atoms with E-state index in [4.69, 9.17) is 14.4 Å². The van der Waals surface area contributed by atoms with Gasteiger partial charge in [-0.25, -0.2) is 4.39 Å². The lowest BCUT2D eigenvalue weighted by atomic mass is 9.66. The van der Waals surface area contributed by atoms with Crippen molar-refractivity contribution in [3.05, 3.63) is 35.1 Å². The van der Waals surface area contributed by atoms with Gasteiger partial charge in [0.1, 0.15) is 5.82 Å². The van der Waals surface area contributed by atoms with Gasteiger partial charge >= 0.3 is 19.3 Å². The van der Waals surface area contributed by atoms with Crippen LogP contribution in [0.15, 0.2) is 18.2 Å². The number of carboxylic acids is 1. The number of alkyl halides is 3. The fourth-order valence-electron chi connectivity index (χ4n) is 2.60. The molecule has 1 atom stereocenters. The van der Waals surface area contributed by atoms with E-state index in [0.29, 0.717) is 6.07 Å². The molecule has 0 aromatic heterocycles. The zero-order chi connectivity index (χ0) is 19.2. The van der Waals surface area contributed by atoms with E-state index in [-0.39, 0.29) is 5.56 Å². The predicted octanol–water partition coefficient (Wildman–Crippen LogP) is 4.03. The third kappa shape index (κ3) is 3.98. The number of hydrogen-bond acceptors (Lipinski definition) is 3. The van der Waals surface area contributed by atoms with Crippen LogP contribution in [0, 0.1) is 5.82 Å². The molecule has 0 aliphatic carbocycles. The van der Waals surface area contributed by atoms with Crippen molar-refractivity contribution in [3.8, 4) is 0 Å². The molecule has 1 N–H and O–H groups in total. The van der Waals surface area contributed by atoms with E-state index in [1.807, 2.05) is 0 Å². The quantitative estimate of drug-likeness (QED) is 0.649. The van der Waals surface area contributed by atoms with Gasteiger partial charge in [-0.05, 0) is 45.4 Å². The molecule has 1 aliphatic rings. The highest BCUT2D eigenvalue weighted by Gasteiger charge is 2.54. The van der Waals surface area contributed by atoms with Gasteiger partial charge in [-0.1, -0.05) is 6.07 Å². The second kappa shape index (κ2) is 6.28. The summed E-state index contributed by atoms with van der Waals surface area (Å²) in [5.41, 5.74) is -2.89. The average molecular weight is 362 g/mol. The Morgan fingerprint density at radius 2 is 1.72 bits per heavy atom. The molecule has 1 aromatic rings. The van der Waals surface area contributed by atoms with Crippen LogP contribution in [-0.2, 0) is 20.3 Å². The number of aliphatic carboxylic acids is 1. The summed E-state index contributed by atoms with van der Waals surface area (Å²) in [6.45, 7) is 6.98. The van der Waals surface area contributed by atoms with Gasteiger partial charge in [-0.15, -0.1) is 0 Å². The largest absolute Gasteiger partial charge is 0.481 e. The van der Waals surface area contributed by atoms with Crippen molar-refractivity contribution in [1.29, 1.82) is 0 Å². The molecule has 0 radical (unpaired) electrons. The third-order valence-electron chi connectivity index (χ3n) is 4.72. The van der Waals surface area contributed by atoms with Crippen LogP contribution in [-0.4, -0.2) is 29.4 Å². The summed E-state index contributed by atoms with van der Waals surface area (Å²) in [5, 5.41) is 9.13. The summed E-state index contributed by atoms with van der Waals surface area (Å²) in [6.07, 6.45) is -5.23. The molecule has 2 rings (SSSR count). The fraction of sp³-hybridized carbons (Fsp3) is 0.562. The molecule has 1 heterocycles. The number of carbonyl (C=O) groups is 1. The zero-order valence-corrected chi connectivity index (χ0v) is 14.3. The Morgan fingerprint density at radius 1 is 1.20 bits per heavy atom. The molecule has 0 saturated carbocycles. The molecule has 0 amide bonds. The molecule has 0 bridgehead atoms. The van der Waals surface area contributed by atoms with Gasteiger partial charge in [-0.2, -0.15) is 13.2 Å². The number of halogens is 4. The first kappa shape index (κ1) is 19.7. The lowest BCUT2D eigenvalue weighted by Gasteiger charge is -2.32. The van der Waals surface area contributed by atoms with Gasteiger partial charge in [0.25, 0.3) is 0 Å². The maximum atomic E-state index is 14.3. The monoisotopic (exact) mass is 362 g/mol. The first-order valence-electron chi connectivity index (χ1n) is 7.69. The minimum atomic E-state index is -4.69. The summed E-state index contributed by atoms with van der Waals surface area (Å²) in [6, 6.07) is 2.02. The second-order valence-electron chi connectivity index (χ2n) is 7.06. The van der Waals surface area contributed by atoms with E-state index in [2.05, 4.69) is 0 Å². The topological polar surface area (TPSA) is 55.8 Å². The Kier molecular flexibility index (Phi) is 4.95. The minimum Gasteiger partial charge on any atom is -0.481 e. The molecule has 1 fully saturated rings. The van der Waals surface area contributed by atoms with Crippen LogP contribution in [0.4, 0.5) is 17.6 Å². The molecule has 4 nitrogen and oxygen atoms in total. The molecule has 1 aliphatic heterocycles. The van der Waals surface area contributed by atoms with Gasteiger partial charge in [0.15, 0.2) is 0 Å². The molecule has 25 heavy (non-hydrogen) atoms. The van der Waals surface area contributed by atoms with Crippen molar-refractivity contribution in [1.82, 2.24) is 0 Å². The third-order valence-corrected chi connectivity index (χ3v) is 4.72. The first-order chi connectivity index (χ1) is 11.2. The van der Waals surface area contributed by atoms with Gasteiger partial charge in [0.05, 0.1) is 23.2 Å². The highest BCUT2D eigenvalue weighted by Crippen LogP contribution is 2.42. The van der Waals surface area contributed by atoms with E-state index in [1.165, 1.54) is 0 Å². The fourth-order valence-corrected chi connectivity index (χ4v) is 2.60. The second-order valence-corrected chi connectivity index (χ2v) is 7.06. The molecule has 1 saturated heterocycles. The molecule has 1 aromatic carbocycles. The van der Waals surface area contributed by atoms with Crippen LogP contribution < -0.4 is 0 Å². The van der Waals surface area contributed by atoms with Crippen LogP contribution in [0.2, 0.25) is 0 Å². The lowest BCUT2D eigenvalue weighted by molar-refractivity contribution is -0.138. The Balaban J connectivity index is 2.41. The smallest absolute Gasteiger partial charge is 0.466 e. The highest BCUT2D eigenvalue weighted by molar-refractivity contribution is 6.48. The Labute approximate surface area is 143 Å². The van der Waals surface area contributed by atoms with Crippen molar-refractivity contribution in [2.75, 3.05) is 0 Å². The molecule has 0 spiro atoms. The standard InChI is InChI=1S/C16H19BF4O4/c1-14(2)15(3,4)25-17(24-14)11(8-13(22)23)10-6-5-9(7-12(10)18)16(19,20)21/h5-7,11H,8H2,1-4H3,(H,22,23). The first-order valence-corrected chi connectivity index (χ1v) is 7.69. The van der Waals surface area contributed by atoms with E-state index >= 15 is 0 Å². The predicted molar refractivity (Wildman–Crippen MR) is 82.5 cm³/mol. The van der Waals surface area contributed by atoms with E-state index in [0.717, 1.165) is 12.1 Å². The van der Waals surface area contributed by atoms with Gasteiger partial charge in [0, 0.05) is 5.82 Å².